The van der Waals surface area contributed by atoms with Crippen LogP contribution in [-0.2, 0) is 39.0 Å². The Morgan fingerprint density at radius 1 is 0.833 bits per heavy atom. The van der Waals surface area contributed by atoms with E-state index >= 15 is 0 Å². The minimum Gasteiger partial charge on any atom is -0.0882 e. The number of halogens is 2. The van der Waals surface area contributed by atoms with E-state index in [0.717, 1.165) is 35.7 Å². The van der Waals surface area contributed by atoms with Gasteiger partial charge >= 0.3 is 39.0 Å². The Morgan fingerprint density at radius 2 is 1.17 bits per heavy atom. The van der Waals surface area contributed by atoms with E-state index in [9.17, 15) is 0 Å². The predicted octanol–water partition coefficient (Wildman–Crippen LogP) is 3.80. The van der Waals surface area contributed by atoms with Crippen molar-refractivity contribution in [2.24, 2.45) is 0 Å². The average Bonchev–Trinajstić information content (AvgIpc) is 1.92. The molecule has 0 saturated carbocycles. The van der Waals surface area contributed by atoms with Crippen LogP contribution in [0.3, 0.4) is 0 Å². The van der Waals surface area contributed by atoms with Crippen molar-refractivity contribution in [3.05, 3.63) is 22.2 Å². The quantitative estimate of drug-likeness (QED) is 0.444. The fraction of sp³-hybridized carbons (Fsp3) is 0.500. The van der Waals surface area contributed by atoms with E-state index in [1.54, 1.807) is 0 Å². The zero-order chi connectivity index (χ0) is 7.40. The molecule has 0 saturated heterocycles. The molecule has 1 aliphatic rings. The van der Waals surface area contributed by atoms with Crippen LogP contribution in [0.25, 0.3) is 0 Å². The molecule has 0 heterocycles. The Kier molecular flexibility index (Phi) is 11.7. The van der Waals surface area contributed by atoms with Gasteiger partial charge in [-0.25, -0.2) is 0 Å². The van der Waals surface area contributed by atoms with Crippen LogP contribution in [-0.4, -0.2) is 0 Å². The third-order valence-electron chi connectivity index (χ3n) is 1.52. The first kappa shape index (κ1) is 15.8. The van der Waals surface area contributed by atoms with Crippen LogP contribution in [0.2, 0.25) is 0 Å². The van der Waals surface area contributed by atoms with Gasteiger partial charge in [-0.2, -0.15) is 0 Å². The molecule has 4 heteroatoms. The molecule has 0 fully saturated rings. The van der Waals surface area contributed by atoms with E-state index in [0.29, 0.717) is 0 Å². The molecule has 0 bridgehead atoms. The van der Waals surface area contributed by atoms with Crippen LogP contribution in [0, 0.1) is 0 Å². The first-order valence-electron chi connectivity index (χ1n) is 3.48. The molecule has 0 atom stereocenters. The second-order valence-corrected chi connectivity index (χ2v) is 3.27. The first-order chi connectivity index (χ1) is 4.80. The van der Waals surface area contributed by atoms with Gasteiger partial charge in [0.2, 0.25) is 0 Å². The van der Waals surface area contributed by atoms with Crippen molar-refractivity contribution >= 4 is 23.2 Å². The van der Waals surface area contributed by atoms with E-state index in [2.05, 4.69) is 12.2 Å². The van der Waals surface area contributed by atoms with Crippen LogP contribution < -0.4 is 0 Å². The van der Waals surface area contributed by atoms with Crippen molar-refractivity contribution in [1.82, 2.24) is 0 Å². The normalized spacial score (nSPS) is 17.2. The zero-order valence-electron chi connectivity index (χ0n) is 6.45. The summed E-state index contributed by atoms with van der Waals surface area (Å²) in [6.45, 7) is 0. The molecule has 1 aliphatic carbocycles. The predicted molar refractivity (Wildman–Crippen MR) is 46.3 cm³/mol. The van der Waals surface area contributed by atoms with Gasteiger partial charge < -0.3 is 0 Å². The van der Waals surface area contributed by atoms with Gasteiger partial charge in [0.15, 0.2) is 0 Å². The zero-order valence-corrected chi connectivity index (χ0v) is 11.4. The van der Waals surface area contributed by atoms with Crippen molar-refractivity contribution in [1.29, 1.82) is 0 Å². The van der Waals surface area contributed by atoms with Gasteiger partial charge in [-0.3, -0.25) is 0 Å². The smallest absolute Gasteiger partial charge is 0.0882 e. The summed E-state index contributed by atoms with van der Waals surface area (Å²) >= 11 is 11.7. The summed E-state index contributed by atoms with van der Waals surface area (Å²) in [5, 5.41) is 1.68. The third kappa shape index (κ3) is 5.87. The molecule has 68 valence electrons. The molecule has 1 rings (SSSR count). The Bertz CT molecular complexity index is 158. The van der Waals surface area contributed by atoms with Gasteiger partial charge in [-0.05, 0) is 25.7 Å². The molecule has 0 nitrogen and oxygen atoms in total. The largest absolute Gasteiger partial charge is 2.00 e. The van der Waals surface area contributed by atoms with Crippen LogP contribution in [0.1, 0.15) is 25.7 Å². The summed E-state index contributed by atoms with van der Waals surface area (Å²) in [6.07, 6.45) is 8.16. The summed E-state index contributed by atoms with van der Waals surface area (Å²) < 4.78 is 0. The molecule has 0 N–H and O–H groups in total. The molecule has 0 amide bonds. The van der Waals surface area contributed by atoms with Gasteiger partial charge in [-0.1, -0.05) is 35.4 Å². The summed E-state index contributed by atoms with van der Waals surface area (Å²) in [5.41, 5.74) is 0. The van der Waals surface area contributed by atoms with E-state index in [4.69, 9.17) is 23.2 Å². The third-order valence-corrected chi connectivity index (χ3v) is 2.45. The van der Waals surface area contributed by atoms with E-state index in [1.165, 1.54) is 0 Å². The molecule has 0 aromatic carbocycles. The van der Waals surface area contributed by atoms with Gasteiger partial charge in [-0.15, -0.1) is 0 Å². The van der Waals surface area contributed by atoms with Crippen molar-refractivity contribution in [3.63, 3.8) is 0 Å². The number of allylic oxidation sites excluding steroid dienone is 4. The van der Waals surface area contributed by atoms with E-state index < -0.39 is 0 Å². The topological polar surface area (TPSA) is 0 Å². The summed E-state index contributed by atoms with van der Waals surface area (Å²) in [4.78, 5) is 0. The van der Waals surface area contributed by atoms with Crippen LogP contribution in [0.15, 0.2) is 22.2 Å². The second kappa shape index (κ2) is 8.89. The van der Waals surface area contributed by atoms with Gasteiger partial charge in [0.05, 0.1) is 0 Å². The maximum absolute atomic E-state index is 5.86. The Hall–Kier alpha value is 1.31. The monoisotopic (exact) mass is 380 g/mol. The summed E-state index contributed by atoms with van der Waals surface area (Å²) in [6, 6.07) is 0. The molecule has 0 unspecified atom stereocenters. The Balaban J connectivity index is 0. The standard InChI is InChI=1S/C8H10Cl2.2Ru/c9-7-5-3-1-2-4-6-8(7)10;;/h1-2H,3-6H2;;/q;2*+2. The Morgan fingerprint density at radius 3 is 1.50 bits per heavy atom. The molecular weight excluding hydrogens is 369 g/mol. The molecule has 0 aliphatic heterocycles. The van der Waals surface area contributed by atoms with Crippen LogP contribution in [0.5, 0.6) is 0 Å². The van der Waals surface area contributed by atoms with Crippen molar-refractivity contribution in [2.75, 3.05) is 0 Å². The SMILES string of the molecule is ClC1=C(Cl)CCC=CCC1.[Ru+2].[Ru+2]. The summed E-state index contributed by atoms with van der Waals surface area (Å²) in [7, 11) is 0. The molecule has 0 aromatic heterocycles. The molecular formula is C8H10Cl2Ru2+4. The summed E-state index contributed by atoms with van der Waals surface area (Å²) in [5.74, 6) is 0. The minimum atomic E-state index is 0. The van der Waals surface area contributed by atoms with E-state index in [-0.39, 0.29) is 39.0 Å². The van der Waals surface area contributed by atoms with Gasteiger partial charge in [0.25, 0.3) is 0 Å². The van der Waals surface area contributed by atoms with E-state index in [1.807, 2.05) is 0 Å². The van der Waals surface area contributed by atoms with Crippen molar-refractivity contribution in [2.45, 2.75) is 25.7 Å². The molecule has 0 spiro atoms. The maximum atomic E-state index is 5.86. The minimum absolute atomic E-state index is 0. The molecule has 12 heavy (non-hydrogen) atoms. The number of rotatable bonds is 0. The molecule has 0 radical (unpaired) electrons. The van der Waals surface area contributed by atoms with Crippen LogP contribution >= 0.6 is 23.2 Å². The van der Waals surface area contributed by atoms with Gasteiger partial charge in [0.1, 0.15) is 0 Å². The second-order valence-electron chi connectivity index (χ2n) is 2.36. The van der Waals surface area contributed by atoms with Crippen molar-refractivity contribution < 1.29 is 39.0 Å². The van der Waals surface area contributed by atoms with Crippen LogP contribution in [0.4, 0.5) is 0 Å². The first-order valence-corrected chi connectivity index (χ1v) is 4.24. The number of hydrogen-bond donors (Lipinski definition) is 0. The molecule has 0 aromatic rings. The van der Waals surface area contributed by atoms with Crippen molar-refractivity contribution in [3.8, 4) is 0 Å². The fourth-order valence-electron chi connectivity index (χ4n) is 0.927. The number of hydrogen-bond acceptors (Lipinski definition) is 0. The average molecular weight is 379 g/mol. The Labute approximate surface area is 109 Å². The van der Waals surface area contributed by atoms with Gasteiger partial charge in [0, 0.05) is 10.1 Å². The fourth-order valence-corrected chi connectivity index (χ4v) is 1.33. The maximum Gasteiger partial charge on any atom is 2.00 e.